The lowest BCUT2D eigenvalue weighted by Crippen LogP contribution is -2.30. The second-order valence-electron chi connectivity index (χ2n) is 24.1. The van der Waals surface area contributed by atoms with Crippen molar-refractivity contribution < 1.29 is 28.6 Å². The van der Waals surface area contributed by atoms with E-state index in [1.165, 1.54) is 238 Å². The van der Waals surface area contributed by atoms with Crippen molar-refractivity contribution in [2.45, 2.75) is 380 Å². The van der Waals surface area contributed by atoms with Gasteiger partial charge in [0.15, 0.2) is 6.10 Å². The molecule has 6 heteroatoms. The van der Waals surface area contributed by atoms with E-state index in [1.54, 1.807) is 0 Å². The molecule has 1 atom stereocenters. The number of hydrogen-bond acceptors (Lipinski definition) is 6. The predicted octanol–water partition coefficient (Wildman–Crippen LogP) is 24.8. The van der Waals surface area contributed by atoms with Crippen molar-refractivity contribution in [3.63, 3.8) is 0 Å². The van der Waals surface area contributed by atoms with Crippen LogP contribution in [-0.2, 0) is 28.6 Å². The number of allylic oxidation sites excluding steroid dienone is 12. The summed E-state index contributed by atoms with van der Waals surface area (Å²) in [5.74, 6) is -0.868. The Morgan fingerprint density at radius 2 is 0.476 bits per heavy atom. The van der Waals surface area contributed by atoms with Crippen molar-refractivity contribution in [1.29, 1.82) is 0 Å². The fourth-order valence-corrected chi connectivity index (χ4v) is 10.6. The number of unbranched alkanes of at least 4 members (excludes halogenated alkanes) is 43. The molecule has 0 saturated heterocycles. The molecule has 82 heavy (non-hydrogen) atoms. The quantitative estimate of drug-likeness (QED) is 0.0261. The molecule has 0 fully saturated rings. The number of carbonyl (C=O) groups excluding carboxylic acids is 3. The fraction of sp³-hybridized carbons (Fsp3) is 0.803. The molecule has 0 aliphatic carbocycles. The zero-order chi connectivity index (χ0) is 59.2. The molecule has 0 aromatic heterocycles. The smallest absolute Gasteiger partial charge is 0.306 e. The van der Waals surface area contributed by atoms with Crippen molar-refractivity contribution in [3.8, 4) is 0 Å². The Bertz CT molecular complexity index is 1500. The van der Waals surface area contributed by atoms with Crippen LogP contribution < -0.4 is 0 Å². The monoisotopic (exact) mass is 1150 g/mol. The van der Waals surface area contributed by atoms with Crippen molar-refractivity contribution in [2.24, 2.45) is 0 Å². The molecule has 0 aromatic rings. The molecule has 0 amide bonds. The molecular weight excluding hydrogens is 1010 g/mol. The lowest BCUT2D eigenvalue weighted by Gasteiger charge is -2.18. The molecule has 0 heterocycles. The average Bonchev–Trinajstić information content (AvgIpc) is 3.47. The highest BCUT2D eigenvalue weighted by atomic mass is 16.6. The second-order valence-corrected chi connectivity index (χ2v) is 24.1. The first-order valence-corrected chi connectivity index (χ1v) is 35.9. The van der Waals surface area contributed by atoms with E-state index in [0.29, 0.717) is 19.3 Å². The maximum absolute atomic E-state index is 13.0. The SMILES string of the molecule is CC/C=C\C/C=C\C/C=C\C/C=C\C/C=C\CCCCCCCCCC(=O)OCC(COC(=O)CCCCCCCCC/C=C\CCCCCCCCC)OC(=O)CCCCCCCCCCCCCCCCCCCCCCCCC. The Hall–Kier alpha value is -3.15. The van der Waals surface area contributed by atoms with E-state index in [0.717, 1.165) is 96.3 Å². The normalized spacial score (nSPS) is 12.5. The van der Waals surface area contributed by atoms with E-state index < -0.39 is 6.10 Å². The molecule has 0 aliphatic rings. The first-order chi connectivity index (χ1) is 40.5. The lowest BCUT2D eigenvalue weighted by atomic mass is 10.0. The Labute approximate surface area is 510 Å². The third-order valence-electron chi connectivity index (χ3n) is 15.9. The fourth-order valence-electron chi connectivity index (χ4n) is 10.6. The van der Waals surface area contributed by atoms with Crippen LogP contribution >= 0.6 is 0 Å². The number of esters is 3. The topological polar surface area (TPSA) is 78.9 Å². The van der Waals surface area contributed by atoms with Crippen molar-refractivity contribution in [2.75, 3.05) is 13.2 Å². The maximum atomic E-state index is 13.0. The van der Waals surface area contributed by atoms with Gasteiger partial charge in [-0.2, -0.15) is 0 Å². The van der Waals surface area contributed by atoms with Gasteiger partial charge in [0, 0.05) is 19.3 Å². The molecular formula is C76H136O6. The number of hydrogen-bond donors (Lipinski definition) is 0. The Morgan fingerprint density at radius 3 is 0.756 bits per heavy atom. The van der Waals surface area contributed by atoms with Gasteiger partial charge in [0.25, 0.3) is 0 Å². The summed E-state index contributed by atoms with van der Waals surface area (Å²) in [6.07, 6.45) is 92.1. The van der Waals surface area contributed by atoms with Crippen LogP contribution in [0.4, 0.5) is 0 Å². The van der Waals surface area contributed by atoms with E-state index in [2.05, 4.69) is 93.7 Å². The van der Waals surface area contributed by atoms with Gasteiger partial charge in [-0.1, -0.05) is 338 Å². The Kier molecular flexibility index (Phi) is 67.6. The highest BCUT2D eigenvalue weighted by molar-refractivity contribution is 5.71. The van der Waals surface area contributed by atoms with Gasteiger partial charge in [-0.15, -0.1) is 0 Å². The third-order valence-corrected chi connectivity index (χ3v) is 15.9. The van der Waals surface area contributed by atoms with Crippen LogP contribution in [0.3, 0.4) is 0 Å². The summed E-state index contributed by atoms with van der Waals surface area (Å²) in [5, 5.41) is 0. The van der Waals surface area contributed by atoms with Crippen molar-refractivity contribution >= 4 is 17.9 Å². The lowest BCUT2D eigenvalue weighted by molar-refractivity contribution is -0.167. The summed E-state index contributed by atoms with van der Waals surface area (Å²) in [6, 6.07) is 0. The summed E-state index contributed by atoms with van der Waals surface area (Å²) in [4.78, 5) is 38.5. The van der Waals surface area contributed by atoms with E-state index >= 15 is 0 Å². The zero-order valence-electron chi connectivity index (χ0n) is 54.8. The van der Waals surface area contributed by atoms with E-state index in [1.807, 2.05) is 0 Å². The van der Waals surface area contributed by atoms with Crippen LogP contribution in [0.5, 0.6) is 0 Å². The molecule has 0 bridgehead atoms. The molecule has 0 saturated carbocycles. The zero-order valence-corrected chi connectivity index (χ0v) is 54.8. The largest absolute Gasteiger partial charge is 0.462 e. The van der Waals surface area contributed by atoms with Crippen LogP contribution in [-0.4, -0.2) is 37.2 Å². The minimum Gasteiger partial charge on any atom is -0.462 e. The highest BCUT2D eigenvalue weighted by Gasteiger charge is 2.19. The molecule has 6 nitrogen and oxygen atoms in total. The molecule has 476 valence electrons. The molecule has 0 N–H and O–H groups in total. The van der Waals surface area contributed by atoms with Gasteiger partial charge in [0.2, 0.25) is 0 Å². The summed E-state index contributed by atoms with van der Waals surface area (Å²) >= 11 is 0. The van der Waals surface area contributed by atoms with E-state index in [-0.39, 0.29) is 31.1 Å². The van der Waals surface area contributed by atoms with Crippen LogP contribution in [0.1, 0.15) is 374 Å². The Morgan fingerprint density at radius 1 is 0.256 bits per heavy atom. The number of rotatable bonds is 66. The molecule has 1 unspecified atom stereocenters. The maximum Gasteiger partial charge on any atom is 0.306 e. The van der Waals surface area contributed by atoms with Gasteiger partial charge < -0.3 is 14.2 Å². The minimum absolute atomic E-state index is 0.0776. The molecule has 0 aliphatic heterocycles. The molecule has 0 rings (SSSR count). The van der Waals surface area contributed by atoms with Gasteiger partial charge in [-0.05, 0) is 89.9 Å². The highest BCUT2D eigenvalue weighted by Crippen LogP contribution is 2.18. The van der Waals surface area contributed by atoms with Crippen molar-refractivity contribution in [3.05, 3.63) is 72.9 Å². The summed E-state index contributed by atoms with van der Waals surface area (Å²) < 4.78 is 17.0. The van der Waals surface area contributed by atoms with Gasteiger partial charge in [-0.3, -0.25) is 14.4 Å². The van der Waals surface area contributed by atoms with Gasteiger partial charge >= 0.3 is 17.9 Å². The number of ether oxygens (including phenoxy) is 3. The van der Waals surface area contributed by atoms with Crippen LogP contribution in [0.15, 0.2) is 72.9 Å². The standard InChI is InChI=1S/C76H136O6/c1-4-7-10-13-16-19-22-25-28-31-34-36-38-40-42-45-48-51-54-57-60-63-66-69-75(78)81-72-73(71-80-74(77)68-65-62-59-56-53-50-47-44-33-30-27-24-21-18-15-12-9-6-3)82-76(79)70-67-64-61-58-55-52-49-46-43-41-39-37-35-32-29-26-23-20-17-14-11-8-5-2/h7,10,16,19,25,28,30,33-34,36,40,42,73H,4-6,8-9,11-15,17-18,20-24,26-27,29,31-32,35,37-39,41,43-72H2,1-3H3/b10-7-,19-16-,28-25-,33-30-,36-34-,42-40-. The minimum atomic E-state index is -0.783. The Balaban J connectivity index is 4.36. The molecule has 0 spiro atoms. The molecule has 0 aromatic carbocycles. The van der Waals surface area contributed by atoms with E-state index in [9.17, 15) is 14.4 Å². The first-order valence-electron chi connectivity index (χ1n) is 35.9. The summed E-state index contributed by atoms with van der Waals surface area (Å²) in [5.41, 5.74) is 0. The van der Waals surface area contributed by atoms with Gasteiger partial charge in [-0.25, -0.2) is 0 Å². The van der Waals surface area contributed by atoms with Crippen LogP contribution in [0.2, 0.25) is 0 Å². The predicted molar refractivity (Wildman–Crippen MR) is 358 cm³/mol. The summed E-state index contributed by atoms with van der Waals surface area (Å²) in [7, 11) is 0. The van der Waals surface area contributed by atoms with Crippen molar-refractivity contribution in [1.82, 2.24) is 0 Å². The average molecular weight is 1150 g/mol. The molecule has 0 radical (unpaired) electrons. The van der Waals surface area contributed by atoms with Gasteiger partial charge in [0.1, 0.15) is 13.2 Å². The number of carbonyl (C=O) groups is 3. The van der Waals surface area contributed by atoms with E-state index in [4.69, 9.17) is 14.2 Å². The van der Waals surface area contributed by atoms with Gasteiger partial charge in [0.05, 0.1) is 0 Å². The third kappa shape index (κ3) is 67.6. The van der Waals surface area contributed by atoms with Crippen LogP contribution in [0, 0.1) is 0 Å². The second kappa shape index (κ2) is 70.3. The summed E-state index contributed by atoms with van der Waals surface area (Å²) in [6.45, 7) is 6.58. The first kappa shape index (κ1) is 78.8. The van der Waals surface area contributed by atoms with Crippen LogP contribution in [0.25, 0.3) is 0 Å².